The van der Waals surface area contributed by atoms with Gasteiger partial charge < -0.3 is 14.5 Å². The summed E-state index contributed by atoms with van der Waals surface area (Å²) in [7, 11) is 0. The zero-order valence-electron chi connectivity index (χ0n) is 9.64. The highest BCUT2D eigenvalue weighted by Crippen LogP contribution is 2.19. The standard InChI is InChI=1S/C12H11ClN2O3/c1-2-17-11(16)10-7-18-12(15-10)14-9-5-3-4-8(13)6-9/h3-7H,2H2,1H3,(H,14,15). The maximum absolute atomic E-state index is 11.4. The van der Waals surface area contributed by atoms with Gasteiger partial charge in [0, 0.05) is 10.7 Å². The van der Waals surface area contributed by atoms with E-state index in [0.717, 1.165) is 5.69 Å². The number of halogens is 1. The van der Waals surface area contributed by atoms with Gasteiger partial charge >= 0.3 is 5.97 Å². The fourth-order valence-electron chi connectivity index (χ4n) is 1.32. The Morgan fingerprint density at radius 3 is 3.11 bits per heavy atom. The van der Waals surface area contributed by atoms with E-state index in [0.29, 0.717) is 11.6 Å². The molecule has 1 heterocycles. The van der Waals surface area contributed by atoms with Crippen molar-refractivity contribution in [3.8, 4) is 0 Å². The number of nitrogens with one attached hydrogen (secondary N) is 1. The Hall–Kier alpha value is -2.01. The van der Waals surface area contributed by atoms with Crippen LogP contribution in [0.5, 0.6) is 0 Å². The van der Waals surface area contributed by atoms with E-state index < -0.39 is 5.97 Å². The van der Waals surface area contributed by atoms with Crippen LogP contribution in [-0.2, 0) is 4.74 Å². The highest BCUT2D eigenvalue weighted by molar-refractivity contribution is 6.30. The molecule has 1 N–H and O–H groups in total. The molecule has 0 atom stereocenters. The van der Waals surface area contributed by atoms with Gasteiger partial charge in [-0.3, -0.25) is 0 Å². The first-order valence-electron chi connectivity index (χ1n) is 5.34. The van der Waals surface area contributed by atoms with E-state index >= 15 is 0 Å². The van der Waals surface area contributed by atoms with Crippen LogP contribution in [0.4, 0.5) is 11.7 Å². The van der Waals surface area contributed by atoms with E-state index in [1.807, 2.05) is 0 Å². The van der Waals surface area contributed by atoms with Crippen LogP contribution in [0, 0.1) is 0 Å². The minimum atomic E-state index is -0.514. The second-order valence-electron chi connectivity index (χ2n) is 3.39. The SMILES string of the molecule is CCOC(=O)c1coc(Nc2cccc(Cl)c2)n1. The molecule has 2 aromatic rings. The molecule has 0 bridgehead atoms. The third-order valence-electron chi connectivity index (χ3n) is 2.06. The molecular formula is C12H11ClN2O3. The van der Waals surface area contributed by atoms with Crippen LogP contribution in [0.2, 0.25) is 5.02 Å². The van der Waals surface area contributed by atoms with Crippen molar-refractivity contribution in [2.24, 2.45) is 0 Å². The van der Waals surface area contributed by atoms with Crippen LogP contribution >= 0.6 is 11.6 Å². The summed E-state index contributed by atoms with van der Waals surface area (Å²) in [5.41, 5.74) is 0.848. The molecule has 0 saturated carbocycles. The largest absolute Gasteiger partial charge is 0.461 e. The van der Waals surface area contributed by atoms with Gasteiger partial charge in [0.15, 0.2) is 5.69 Å². The van der Waals surface area contributed by atoms with Crippen LogP contribution in [0.15, 0.2) is 34.9 Å². The number of esters is 1. The number of anilines is 2. The van der Waals surface area contributed by atoms with E-state index in [9.17, 15) is 4.79 Å². The zero-order chi connectivity index (χ0) is 13.0. The molecule has 1 aromatic heterocycles. The molecule has 5 nitrogen and oxygen atoms in total. The number of ether oxygens (including phenoxy) is 1. The number of hydrogen-bond acceptors (Lipinski definition) is 5. The van der Waals surface area contributed by atoms with Gasteiger partial charge in [-0.15, -0.1) is 0 Å². The lowest BCUT2D eigenvalue weighted by molar-refractivity contribution is 0.0519. The molecule has 6 heteroatoms. The van der Waals surface area contributed by atoms with Gasteiger partial charge in [0.05, 0.1) is 6.61 Å². The van der Waals surface area contributed by atoms with Gasteiger partial charge in [-0.2, -0.15) is 4.98 Å². The molecule has 1 aromatic carbocycles. The Morgan fingerprint density at radius 1 is 1.56 bits per heavy atom. The van der Waals surface area contributed by atoms with E-state index in [1.54, 1.807) is 31.2 Å². The molecule has 2 rings (SSSR count). The van der Waals surface area contributed by atoms with Gasteiger partial charge in [0.25, 0.3) is 6.01 Å². The molecule has 0 spiro atoms. The summed E-state index contributed by atoms with van der Waals surface area (Å²) in [6.07, 6.45) is 1.24. The Bertz CT molecular complexity index is 554. The van der Waals surface area contributed by atoms with Crippen LogP contribution in [-0.4, -0.2) is 17.6 Å². The van der Waals surface area contributed by atoms with Crippen molar-refractivity contribution in [1.82, 2.24) is 4.98 Å². The molecule has 94 valence electrons. The molecular weight excluding hydrogens is 256 g/mol. The first-order valence-corrected chi connectivity index (χ1v) is 5.72. The average Bonchev–Trinajstić information content (AvgIpc) is 2.78. The summed E-state index contributed by atoms with van der Waals surface area (Å²) < 4.78 is 9.91. The first-order chi connectivity index (χ1) is 8.69. The van der Waals surface area contributed by atoms with Gasteiger partial charge in [0.2, 0.25) is 0 Å². The highest BCUT2D eigenvalue weighted by Gasteiger charge is 2.13. The summed E-state index contributed by atoms with van der Waals surface area (Å²) in [6, 6.07) is 7.28. The third kappa shape index (κ3) is 3.01. The maximum atomic E-state index is 11.4. The molecule has 0 unspecified atom stereocenters. The molecule has 0 fully saturated rings. The number of hydrogen-bond donors (Lipinski definition) is 1. The second kappa shape index (κ2) is 5.55. The lowest BCUT2D eigenvalue weighted by Gasteiger charge is -2.00. The van der Waals surface area contributed by atoms with Crippen molar-refractivity contribution in [1.29, 1.82) is 0 Å². The number of oxazole rings is 1. The highest BCUT2D eigenvalue weighted by atomic mass is 35.5. The van der Waals surface area contributed by atoms with Crippen molar-refractivity contribution in [2.75, 3.05) is 11.9 Å². The van der Waals surface area contributed by atoms with Crippen LogP contribution in [0.1, 0.15) is 17.4 Å². The van der Waals surface area contributed by atoms with Gasteiger partial charge in [-0.25, -0.2) is 4.79 Å². The zero-order valence-corrected chi connectivity index (χ0v) is 10.4. The van der Waals surface area contributed by atoms with Crippen molar-refractivity contribution in [2.45, 2.75) is 6.92 Å². The maximum Gasteiger partial charge on any atom is 0.360 e. The molecule has 0 amide bonds. The summed E-state index contributed by atoms with van der Waals surface area (Å²) in [6.45, 7) is 2.02. The van der Waals surface area contributed by atoms with Crippen molar-refractivity contribution < 1.29 is 13.9 Å². The van der Waals surface area contributed by atoms with E-state index in [2.05, 4.69) is 10.3 Å². The lowest BCUT2D eigenvalue weighted by atomic mass is 10.3. The molecule has 18 heavy (non-hydrogen) atoms. The Labute approximate surface area is 109 Å². The Morgan fingerprint density at radius 2 is 2.39 bits per heavy atom. The van der Waals surface area contributed by atoms with Gasteiger partial charge in [-0.05, 0) is 25.1 Å². The van der Waals surface area contributed by atoms with Crippen LogP contribution in [0.3, 0.4) is 0 Å². The smallest absolute Gasteiger partial charge is 0.360 e. The normalized spacial score (nSPS) is 10.1. The fraction of sp³-hybridized carbons (Fsp3) is 0.167. The minimum Gasteiger partial charge on any atom is -0.461 e. The monoisotopic (exact) mass is 266 g/mol. The minimum absolute atomic E-state index is 0.126. The fourth-order valence-corrected chi connectivity index (χ4v) is 1.51. The first kappa shape index (κ1) is 12.4. The molecule has 0 saturated heterocycles. The Balaban J connectivity index is 2.09. The molecule has 0 aliphatic heterocycles. The van der Waals surface area contributed by atoms with Crippen molar-refractivity contribution >= 4 is 29.3 Å². The average molecular weight is 267 g/mol. The number of carbonyl (C=O) groups excluding carboxylic acids is 1. The number of nitrogens with zero attached hydrogens (tertiary/aromatic N) is 1. The summed E-state index contributed by atoms with van der Waals surface area (Å²) in [4.78, 5) is 15.3. The van der Waals surface area contributed by atoms with Crippen molar-refractivity contribution in [3.63, 3.8) is 0 Å². The second-order valence-corrected chi connectivity index (χ2v) is 3.83. The third-order valence-corrected chi connectivity index (χ3v) is 2.30. The number of carbonyl (C=O) groups is 1. The van der Waals surface area contributed by atoms with Crippen molar-refractivity contribution in [3.05, 3.63) is 41.2 Å². The van der Waals surface area contributed by atoms with Gasteiger partial charge in [0.1, 0.15) is 6.26 Å². The lowest BCUT2D eigenvalue weighted by Crippen LogP contribution is -2.04. The topological polar surface area (TPSA) is 64.4 Å². The molecule has 0 aliphatic rings. The van der Waals surface area contributed by atoms with Gasteiger partial charge in [-0.1, -0.05) is 17.7 Å². The van der Waals surface area contributed by atoms with E-state index in [4.69, 9.17) is 20.8 Å². The van der Waals surface area contributed by atoms with Crippen LogP contribution in [0.25, 0.3) is 0 Å². The predicted molar refractivity (Wildman–Crippen MR) is 67.2 cm³/mol. The quantitative estimate of drug-likeness (QED) is 0.861. The van der Waals surface area contributed by atoms with E-state index in [-0.39, 0.29) is 11.7 Å². The van der Waals surface area contributed by atoms with Crippen LogP contribution < -0.4 is 5.32 Å². The number of aromatic nitrogens is 1. The summed E-state index contributed by atoms with van der Waals surface area (Å²) in [5.74, 6) is -0.514. The predicted octanol–water partition coefficient (Wildman–Crippen LogP) is 3.25. The molecule has 0 aliphatic carbocycles. The Kier molecular flexibility index (Phi) is 3.84. The number of benzene rings is 1. The van der Waals surface area contributed by atoms with E-state index in [1.165, 1.54) is 6.26 Å². The summed E-state index contributed by atoms with van der Waals surface area (Å²) >= 11 is 5.84. The number of rotatable bonds is 4. The summed E-state index contributed by atoms with van der Waals surface area (Å²) in [5, 5.41) is 3.49. The molecule has 0 radical (unpaired) electrons.